The van der Waals surface area contributed by atoms with Gasteiger partial charge in [-0.25, -0.2) is 0 Å². The van der Waals surface area contributed by atoms with Crippen LogP contribution in [0.4, 0.5) is 0 Å². The third kappa shape index (κ3) is 4.56. The summed E-state index contributed by atoms with van der Waals surface area (Å²) in [5.74, 6) is 1.93. The van der Waals surface area contributed by atoms with Crippen molar-refractivity contribution in [2.45, 2.75) is 64.7 Å². The molecule has 1 aliphatic carbocycles. The first-order valence-electron chi connectivity index (χ1n) is 7.79. The molecule has 1 saturated carbocycles. The van der Waals surface area contributed by atoms with Gasteiger partial charge in [0.1, 0.15) is 5.75 Å². The quantitative estimate of drug-likeness (QED) is 0.710. The molecule has 1 aromatic rings. The highest BCUT2D eigenvalue weighted by molar-refractivity contribution is 5.32. The Balaban J connectivity index is 1.82. The van der Waals surface area contributed by atoms with E-state index in [1.165, 1.54) is 44.1 Å². The van der Waals surface area contributed by atoms with E-state index in [0.29, 0.717) is 0 Å². The molecule has 1 aliphatic rings. The molecule has 0 bridgehead atoms. The van der Waals surface area contributed by atoms with E-state index < -0.39 is 0 Å². The van der Waals surface area contributed by atoms with E-state index >= 15 is 0 Å². The van der Waals surface area contributed by atoms with Crippen molar-refractivity contribution in [2.75, 3.05) is 6.61 Å². The molecule has 106 valence electrons. The van der Waals surface area contributed by atoms with Crippen molar-refractivity contribution < 1.29 is 4.74 Å². The molecule has 1 aromatic carbocycles. The van der Waals surface area contributed by atoms with Crippen molar-refractivity contribution in [3.63, 3.8) is 0 Å². The number of ether oxygens (including phenoxy) is 1. The Labute approximate surface area is 118 Å². The molecule has 0 aromatic heterocycles. The fourth-order valence-electron chi connectivity index (χ4n) is 2.87. The fourth-order valence-corrected chi connectivity index (χ4v) is 2.87. The van der Waals surface area contributed by atoms with Gasteiger partial charge >= 0.3 is 0 Å². The number of benzene rings is 1. The Morgan fingerprint density at radius 3 is 2.53 bits per heavy atom. The molecule has 1 nitrogen and oxygen atoms in total. The molecular weight excluding hydrogens is 232 g/mol. The molecule has 0 amide bonds. The summed E-state index contributed by atoms with van der Waals surface area (Å²) in [6.45, 7) is 7.61. The second kappa shape index (κ2) is 6.45. The molecule has 0 saturated heterocycles. The summed E-state index contributed by atoms with van der Waals surface area (Å²) in [7, 11) is 0. The Morgan fingerprint density at radius 2 is 1.84 bits per heavy atom. The molecule has 0 unspecified atom stereocenters. The average molecular weight is 260 g/mol. The van der Waals surface area contributed by atoms with Gasteiger partial charge < -0.3 is 4.74 Å². The first kappa shape index (κ1) is 14.4. The summed E-state index contributed by atoms with van der Waals surface area (Å²) in [4.78, 5) is 0. The normalized spacial score (nSPS) is 17.4. The van der Waals surface area contributed by atoms with Crippen LogP contribution < -0.4 is 4.74 Å². The standard InChI is InChI=1S/C18H28O/c1-18(2,3)16-10-7-11-17(14-16)19-13-12-15-8-5-4-6-9-15/h7,10-11,14-15H,4-6,8-9,12-13H2,1-3H3. The van der Waals surface area contributed by atoms with Crippen molar-refractivity contribution in [3.05, 3.63) is 29.8 Å². The van der Waals surface area contributed by atoms with Gasteiger partial charge in [-0.3, -0.25) is 0 Å². The van der Waals surface area contributed by atoms with Gasteiger partial charge in [0.2, 0.25) is 0 Å². The lowest BCUT2D eigenvalue weighted by Crippen LogP contribution is -2.12. The molecule has 0 N–H and O–H groups in total. The van der Waals surface area contributed by atoms with Crippen molar-refractivity contribution in [3.8, 4) is 5.75 Å². The van der Waals surface area contributed by atoms with Gasteiger partial charge in [-0.2, -0.15) is 0 Å². The molecule has 1 heteroatoms. The van der Waals surface area contributed by atoms with Crippen molar-refractivity contribution in [1.29, 1.82) is 0 Å². The zero-order valence-corrected chi connectivity index (χ0v) is 12.7. The minimum atomic E-state index is 0.197. The minimum absolute atomic E-state index is 0.197. The van der Waals surface area contributed by atoms with Crippen LogP contribution in [-0.4, -0.2) is 6.61 Å². The molecule has 0 aliphatic heterocycles. The second-order valence-electron chi connectivity index (χ2n) is 6.92. The SMILES string of the molecule is CC(C)(C)c1cccc(OCCC2CCCCC2)c1. The molecule has 2 rings (SSSR count). The van der Waals surface area contributed by atoms with E-state index in [4.69, 9.17) is 4.74 Å². The minimum Gasteiger partial charge on any atom is -0.494 e. The smallest absolute Gasteiger partial charge is 0.119 e. The largest absolute Gasteiger partial charge is 0.494 e. The summed E-state index contributed by atoms with van der Waals surface area (Å²) < 4.78 is 5.94. The van der Waals surface area contributed by atoms with E-state index in [0.717, 1.165) is 18.3 Å². The van der Waals surface area contributed by atoms with Crippen LogP contribution >= 0.6 is 0 Å². The fraction of sp³-hybridized carbons (Fsp3) is 0.667. The van der Waals surface area contributed by atoms with Crippen LogP contribution in [0.25, 0.3) is 0 Å². The molecule has 1 fully saturated rings. The Bertz CT molecular complexity index is 383. The van der Waals surface area contributed by atoms with Gasteiger partial charge in [-0.05, 0) is 35.4 Å². The van der Waals surface area contributed by atoms with Gasteiger partial charge in [0.25, 0.3) is 0 Å². The summed E-state index contributed by atoms with van der Waals surface area (Å²) in [5, 5.41) is 0. The first-order chi connectivity index (χ1) is 9.05. The van der Waals surface area contributed by atoms with Crippen LogP contribution in [0.15, 0.2) is 24.3 Å². The van der Waals surface area contributed by atoms with Gasteiger partial charge in [0.05, 0.1) is 6.61 Å². The molecular formula is C18H28O. The van der Waals surface area contributed by atoms with E-state index in [1.807, 2.05) is 0 Å². The van der Waals surface area contributed by atoms with Crippen LogP contribution in [0, 0.1) is 5.92 Å². The maximum Gasteiger partial charge on any atom is 0.119 e. The zero-order valence-electron chi connectivity index (χ0n) is 12.7. The van der Waals surface area contributed by atoms with E-state index in [1.54, 1.807) is 0 Å². The maximum atomic E-state index is 5.94. The highest BCUT2D eigenvalue weighted by atomic mass is 16.5. The molecule has 0 atom stereocenters. The zero-order chi connectivity index (χ0) is 13.7. The van der Waals surface area contributed by atoms with E-state index in [9.17, 15) is 0 Å². The van der Waals surface area contributed by atoms with Crippen LogP contribution in [0.1, 0.15) is 64.9 Å². The number of hydrogen-bond donors (Lipinski definition) is 0. The van der Waals surface area contributed by atoms with E-state index in [-0.39, 0.29) is 5.41 Å². The van der Waals surface area contributed by atoms with Gasteiger partial charge in [-0.1, -0.05) is 65.0 Å². The lowest BCUT2D eigenvalue weighted by Gasteiger charge is -2.22. The highest BCUT2D eigenvalue weighted by Gasteiger charge is 2.15. The molecule has 19 heavy (non-hydrogen) atoms. The first-order valence-corrected chi connectivity index (χ1v) is 7.79. The molecule has 0 heterocycles. The summed E-state index contributed by atoms with van der Waals surface area (Å²) in [5.41, 5.74) is 1.55. The Kier molecular flexibility index (Phi) is 4.90. The third-order valence-electron chi connectivity index (χ3n) is 4.22. The van der Waals surface area contributed by atoms with Crippen molar-refractivity contribution >= 4 is 0 Å². The Morgan fingerprint density at radius 1 is 1.11 bits per heavy atom. The monoisotopic (exact) mass is 260 g/mol. The highest BCUT2D eigenvalue weighted by Crippen LogP contribution is 2.28. The second-order valence-corrected chi connectivity index (χ2v) is 6.92. The average Bonchev–Trinajstić information content (AvgIpc) is 2.39. The number of hydrogen-bond acceptors (Lipinski definition) is 1. The lowest BCUT2D eigenvalue weighted by atomic mass is 9.87. The van der Waals surface area contributed by atoms with E-state index in [2.05, 4.69) is 45.0 Å². The predicted molar refractivity (Wildman–Crippen MR) is 81.8 cm³/mol. The molecule has 0 radical (unpaired) electrons. The van der Waals surface area contributed by atoms with Crippen molar-refractivity contribution in [1.82, 2.24) is 0 Å². The summed E-state index contributed by atoms with van der Waals surface area (Å²) in [6, 6.07) is 8.57. The summed E-state index contributed by atoms with van der Waals surface area (Å²) in [6.07, 6.45) is 8.32. The van der Waals surface area contributed by atoms with Crippen LogP contribution in [-0.2, 0) is 5.41 Å². The van der Waals surface area contributed by atoms with Gasteiger partial charge in [0, 0.05) is 0 Å². The lowest BCUT2D eigenvalue weighted by molar-refractivity contribution is 0.246. The van der Waals surface area contributed by atoms with Crippen LogP contribution in [0.2, 0.25) is 0 Å². The Hall–Kier alpha value is -0.980. The van der Waals surface area contributed by atoms with Crippen LogP contribution in [0.3, 0.4) is 0 Å². The topological polar surface area (TPSA) is 9.23 Å². The maximum absolute atomic E-state index is 5.94. The molecule has 0 spiro atoms. The summed E-state index contributed by atoms with van der Waals surface area (Å²) >= 11 is 0. The predicted octanol–water partition coefficient (Wildman–Crippen LogP) is 5.33. The third-order valence-corrected chi connectivity index (χ3v) is 4.22. The number of rotatable bonds is 4. The van der Waals surface area contributed by atoms with Crippen LogP contribution in [0.5, 0.6) is 5.75 Å². The van der Waals surface area contributed by atoms with Crippen molar-refractivity contribution in [2.24, 2.45) is 5.92 Å². The van der Waals surface area contributed by atoms with Gasteiger partial charge in [0.15, 0.2) is 0 Å². The van der Waals surface area contributed by atoms with Gasteiger partial charge in [-0.15, -0.1) is 0 Å².